The summed E-state index contributed by atoms with van der Waals surface area (Å²) in [5, 5.41) is 3.60. The molecule has 2 aliphatic rings. The average Bonchev–Trinajstić information content (AvgIpc) is 2.88. The number of nitrogens with one attached hydrogen (secondary N) is 1. The first-order valence-corrected chi connectivity index (χ1v) is 13.4. The van der Waals surface area contributed by atoms with E-state index in [-0.39, 0.29) is 24.6 Å². The molecule has 0 spiro atoms. The van der Waals surface area contributed by atoms with E-state index in [9.17, 15) is 14.4 Å². The Morgan fingerprint density at radius 3 is 2.42 bits per heavy atom. The van der Waals surface area contributed by atoms with Crippen LogP contribution < -0.4 is 5.32 Å². The van der Waals surface area contributed by atoms with Crippen LogP contribution >= 0.6 is 23.2 Å². The fourth-order valence-corrected chi connectivity index (χ4v) is 5.20. The molecule has 0 aromatic heterocycles. The number of halogens is 2. The summed E-state index contributed by atoms with van der Waals surface area (Å²) in [5.41, 5.74) is 3.29. The fourth-order valence-electron chi connectivity index (χ4n) is 4.89. The highest BCUT2D eigenvalue weighted by molar-refractivity contribution is 6.42. The Morgan fingerprint density at radius 1 is 1.08 bits per heavy atom. The highest BCUT2D eigenvalue weighted by atomic mass is 35.5. The lowest BCUT2D eigenvalue weighted by atomic mass is 9.94. The van der Waals surface area contributed by atoms with E-state index >= 15 is 0 Å². The van der Waals surface area contributed by atoms with Gasteiger partial charge in [0.15, 0.2) is 0 Å². The van der Waals surface area contributed by atoms with Crippen molar-refractivity contribution in [2.45, 2.75) is 32.9 Å². The minimum absolute atomic E-state index is 0.00239. The molecular weight excluding hydrogens is 527 g/mol. The number of esters is 1. The summed E-state index contributed by atoms with van der Waals surface area (Å²) >= 11 is 12.4. The van der Waals surface area contributed by atoms with Gasteiger partial charge in [0.1, 0.15) is 0 Å². The molecule has 0 bridgehead atoms. The van der Waals surface area contributed by atoms with Crippen LogP contribution in [0.3, 0.4) is 0 Å². The summed E-state index contributed by atoms with van der Waals surface area (Å²) < 4.78 is 5.41. The van der Waals surface area contributed by atoms with Crippen LogP contribution in [0.5, 0.6) is 0 Å². The van der Waals surface area contributed by atoms with E-state index in [1.807, 2.05) is 43.0 Å². The van der Waals surface area contributed by atoms with Crippen LogP contribution in [-0.4, -0.2) is 78.5 Å². The number of ether oxygens (including phenoxy) is 1. The number of hydrogen-bond donors (Lipinski definition) is 1. The summed E-state index contributed by atoms with van der Waals surface area (Å²) in [7, 11) is 1.63. The summed E-state index contributed by atoms with van der Waals surface area (Å²) in [6.45, 7) is 7.98. The smallest absolute Gasteiger partial charge is 0.338 e. The molecule has 2 unspecified atom stereocenters. The van der Waals surface area contributed by atoms with Crippen molar-refractivity contribution in [1.29, 1.82) is 0 Å². The van der Waals surface area contributed by atoms with Crippen molar-refractivity contribution in [2.24, 2.45) is 0 Å². The first-order chi connectivity index (χ1) is 18.1. The SMILES string of the molecule is CCOC(=O)C1=C(CN2CCN(C(=O)c3ccc(C)cc3)C(C)C2)N(C)C(=O)NC1c1ccc(Cl)c(Cl)c1. The molecular formula is C28H32Cl2N4O4. The third kappa shape index (κ3) is 5.82. The number of nitrogens with zero attached hydrogens (tertiary/aromatic N) is 3. The molecule has 0 saturated carbocycles. The lowest BCUT2D eigenvalue weighted by Gasteiger charge is -2.42. The maximum atomic E-state index is 13.2. The topological polar surface area (TPSA) is 82.2 Å². The molecule has 0 aliphatic carbocycles. The number of amides is 3. The van der Waals surface area contributed by atoms with Gasteiger partial charge in [0, 0.05) is 50.5 Å². The van der Waals surface area contributed by atoms with E-state index in [0.29, 0.717) is 58.6 Å². The molecule has 1 N–H and O–H groups in total. The number of benzene rings is 2. The fraction of sp³-hybridized carbons (Fsp3) is 0.393. The van der Waals surface area contributed by atoms with Crippen LogP contribution in [0.25, 0.3) is 0 Å². The van der Waals surface area contributed by atoms with Crippen molar-refractivity contribution < 1.29 is 19.1 Å². The van der Waals surface area contributed by atoms with Gasteiger partial charge in [-0.25, -0.2) is 9.59 Å². The zero-order valence-electron chi connectivity index (χ0n) is 22.0. The molecule has 4 rings (SSSR count). The van der Waals surface area contributed by atoms with Crippen molar-refractivity contribution in [1.82, 2.24) is 20.0 Å². The molecule has 2 aromatic carbocycles. The van der Waals surface area contributed by atoms with Crippen molar-refractivity contribution >= 4 is 41.1 Å². The molecule has 2 atom stereocenters. The minimum atomic E-state index is -0.746. The Kier molecular flexibility index (Phi) is 8.65. The van der Waals surface area contributed by atoms with Gasteiger partial charge in [-0.15, -0.1) is 0 Å². The minimum Gasteiger partial charge on any atom is -0.463 e. The predicted molar refractivity (Wildman–Crippen MR) is 147 cm³/mol. The second kappa shape index (κ2) is 11.8. The summed E-state index contributed by atoms with van der Waals surface area (Å²) in [6.07, 6.45) is 0. The Bertz CT molecular complexity index is 1260. The van der Waals surface area contributed by atoms with Crippen molar-refractivity contribution in [2.75, 3.05) is 39.8 Å². The first-order valence-electron chi connectivity index (χ1n) is 12.6. The number of carbonyl (C=O) groups excluding carboxylic acids is 3. The van der Waals surface area contributed by atoms with Crippen molar-refractivity contribution in [3.63, 3.8) is 0 Å². The third-order valence-electron chi connectivity index (χ3n) is 6.99. The number of urea groups is 1. The van der Waals surface area contributed by atoms with Crippen molar-refractivity contribution in [3.8, 4) is 0 Å². The van der Waals surface area contributed by atoms with Crippen LogP contribution in [0, 0.1) is 6.92 Å². The lowest BCUT2D eigenvalue weighted by Crippen LogP contribution is -2.56. The van der Waals surface area contributed by atoms with E-state index in [1.165, 1.54) is 4.90 Å². The van der Waals surface area contributed by atoms with Gasteiger partial charge in [-0.3, -0.25) is 14.6 Å². The van der Waals surface area contributed by atoms with Crippen LogP contribution in [0.4, 0.5) is 4.79 Å². The molecule has 8 nitrogen and oxygen atoms in total. The van der Waals surface area contributed by atoms with Gasteiger partial charge in [0.25, 0.3) is 5.91 Å². The Hall–Kier alpha value is -3.07. The highest BCUT2D eigenvalue weighted by Crippen LogP contribution is 2.34. The van der Waals surface area contributed by atoms with E-state index in [4.69, 9.17) is 27.9 Å². The number of piperazine rings is 1. The quantitative estimate of drug-likeness (QED) is 0.521. The maximum absolute atomic E-state index is 13.2. The van der Waals surface area contributed by atoms with Crippen LogP contribution in [0.15, 0.2) is 53.7 Å². The van der Waals surface area contributed by atoms with Gasteiger partial charge >= 0.3 is 12.0 Å². The summed E-state index contributed by atoms with van der Waals surface area (Å²) in [4.78, 5) is 44.8. The molecule has 0 radical (unpaired) electrons. The molecule has 10 heteroatoms. The van der Waals surface area contributed by atoms with E-state index in [1.54, 1.807) is 32.2 Å². The second-order valence-corrected chi connectivity index (χ2v) is 10.5. The number of aryl methyl sites for hydroxylation is 1. The van der Waals surface area contributed by atoms with E-state index in [0.717, 1.165) is 5.56 Å². The Labute approximate surface area is 233 Å². The monoisotopic (exact) mass is 558 g/mol. The van der Waals surface area contributed by atoms with Gasteiger partial charge in [-0.1, -0.05) is 47.0 Å². The van der Waals surface area contributed by atoms with Gasteiger partial charge in [0.05, 0.1) is 28.3 Å². The number of rotatable bonds is 6. The molecule has 2 aliphatic heterocycles. The molecule has 202 valence electrons. The zero-order valence-corrected chi connectivity index (χ0v) is 23.5. The van der Waals surface area contributed by atoms with Crippen LogP contribution in [0.2, 0.25) is 10.0 Å². The van der Waals surface area contributed by atoms with Gasteiger partial charge in [0.2, 0.25) is 0 Å². The largest absolute Gasteiger partial charge is 0.463 e. The average molecular weight is 559 g/mol. The van der Waals surface area contributed by atoms with Crippen molar-refractivity contribution in [3.05, 3.63) is 80.5 Å². The third-order valence-corrected chi connectivity index (χ3v) is 7.73. The summed E-state index contributed by atoms with van der Waals surface area (Å²) in [5.74, 6) is -0.510. The zero-order chi connectivity index (χ0) is 27.6. The number of carbonyl (C=O) groups is 3. The van der Waals surface area contributed by atoms with Gasteiger partial charge in [-0.2, -0.15) is 0 Å². The molecule has 1 fully saturated rings. The highest BCUT2D eigenvalue weighted by Gasteiger charge is 2.38. The van der Waals surface area contributed by atoms with Gasteiger partial charge in [-0.05, 0) is 50.6 Å². The predicted octanol–water partition coefficient (Wildman–Crippen LogP) is 4.66. The first kappa shape index (κ1) is 28.0. The Morgan fingerprint density at radius 2 is 1.79 bits per heavy atom. The normalized spacial score (nSPS) is 20.4. The molecule has 2 heterocycles. The van der Waals surface area contributed by atoms with Crippen LogP contribution in [0.1, 0.15) is 41.4 Å². The second-order valence-electron chi connectivity index (χ2n) is 9.64. The van der Waals surface area contributed by atoms with Crippen LogP contribution in [-0.2, 0) is 9.53 Å². The standard InChI is InChI=1S/C28H32Cl2N4O4/c1-5-38-27(36)24-23(32(4)28(37)31-25(24)20-10-11-21(29)22(30)14-20)16-33-12-13-34(18(3)15-33)26(35)19-8-6-17(2)7-9-19/h6-11,14,18,25H,5,12-13,15-16H2,1-4H3,(H,31,37). The summed E-state index contributed by atoms with van der Waals surface area (Å²) in [6, 6.07) is 11.5. The van der Waals surface area contributed by atoms with E-state index in [2.05, 4.69) is 10.2 Å². The van der Waals surface area contributed by atoms with E-state index < -0.39 is 12.0 Å². The molecule has 2 aromatic rings. The molecule has 1 saturated heterocycles. The molecule has 3 amide bonds. The number of likely N-dealkylation sites (N-methyl/N-ethyl adjacent to an activating group) is 1. The Balaban J connectivity index is 1.61. The maximum Gasteiger partial charge on any atom is 0.338 e. The molecule has 38 heavy (non-hydrogen) atoms. The number of hydrogen-bond acceptors (Lipinski definition) is 5. The van der Waals surface area contributed by atoms with Gasteiger partial charge < -0.3 is 15.0 Å². The lowest BCUT2D eigenvalue weighted by molar-refractivity contribution is -0.139.